The standard InChI is InChI=1S/C23H40FN4O11P/c1-9-10-28(21(33)25-12-29)20-22(8,34)19(32)23(24,39-20)11-36-40(35,26-15(6)17(30)37-13(2)3)27-16(7)18(31)38-14(4)5/h9-10,12-16,19-20,32,34H,11H2,1-8H3,(H,25,29,33)(H2,26,27,35). The number of urea groups is 1. The summed E-state index contributed by atoms with van der Waals surface area (Å²) in [4.78, 5) is 48.4. The van der Waals surface area contributed by atoms with Crippen molar-refractivity contribution in [2.24, 2.45) is 0 Å². The second-order valence-corrected chi connectivity index (χ2v) is 11.7. The smallest absolute Gasteiger partial charge is 0.342 e. The number of aliphatic hydroxyl groups is 2. The maximum Gasteiger partial charge on any atom is 0.342 e. The number of hydrogen-bond acceptors (Lipinski definition) is 11. The molecule has 5 N–H and O–H groups in total. The fourth-order valence-electron chi connectivity index (χ4n) is 3.50. The minimum absolute atomic E-state index is 0.0509. The molecule has 1 aliphatic heterocycles. The first kappa shape index (κ1) is 35.6. The molecule has 3 amide bonds. The molecule has 1 rings (SSSR count). The number of halogens is 1. The molecule has 40 heavy (non-hydrogen) atoms. The summed E-state index contributed by atoms with van der Waals surface area (Å²) in [5.41, 5.74) is -2.47. The number of amides is 3. The van der Waals surface area contributed by atoms with Gasteiger partial charge in [-0.25, -0.2) is 19.4 Å². The summed E-state index contributed by atoms with van der Waals surface area (Å²) in [6.07, 6.45) is -2.85. The predicted molar refractivity (Wildman–Crippen MR) is 138 cm³/mol. The number of aliphatic hydroxyl groups excluding tert-OH is 1. The Labute approximate surface area is 232 Å². The van der Waals surface area contributed by atoms with Crippen LogP contribution in [-0.4, -0.2) is 94.2 Å². The molecule has 0 aliphatic carbocycles. The zero-order valence-corrected chi connectivity index (χ0v) is 24.6. The van der Waals surface area contributed by atoms with Crippen LogP contribution in [0.5, 0.6) is 0 Å². The number of esters is 2. The Kier molecular flexibility index (Phi) is 12.8. The van der Waals surface area contributed by atoms with E-state index in [0.717, 1.165) is 13.1 Å². The van der Waals surface area contributed by atoms with E-state index in [1.165, 1.54) is 26.8 Å². The van der Waals surface area contributed by atoms with Crippen molar-refractivity contribution in [1.82, 2.24) is 20.4 Å². The Morgan fingerprint density at radius 2 is 1.55 bits per heavy atom. The van der Waals surface area contributed by atoms with Crippen molar-refractivity contribution >= 4 is 32.1 Å². The van der Waals surface area contributed by atoms with E-state index in [9.17, 15) is 34.0 Å². The lowest BCUT2D eigenvalue weighted by molar-refractivity contribution is -0.203. The van der Waals surface area contributed by atoms with E-state index in [4.69, 9.17) is 18.7 Å². The molecule has 0 radical (unpaired) electrons. The van der Waals surface area contributed by atoms with Gasteiger partial charge in [0.2, 0.25) is 6.41 Å². The van der Waals surface area contributed by atoms with Crippen LogP contribution in [-0.2, 0) is 37.7 Å². The zero-order valence-electron chi connectivity index (χ0n) is 23.7. The molecule has 1 aliphatic rings. The predicted octanol–water partition coefficient (Wildman–Crippen LogP) is 0.806. The van der Waals surface area contributed by atoms with Gasteiger partial charge >= 0.3 is 25.6 Å². The first-order chi connectivity index (χ1) is 18.3. The fraction of sp³-hybridized carbons (Fsp3) is 0.739. The van der Waals surface area contributed by atoms with E-state index in [2.05, 4.69) is 10.2 Å². The number of hydrogen-bond donors (Lipinski definition) is 5. The molecule has 230 valence electrons. The minimum atomic E-state index is -4.54. The lowest BCUT2D eigenvalue weighted by Crippen LogP contribution is -2.55. The number of carbonyl (C=O) groups is 4. The number of nitrogens with one attached hydrogen (secondary N) is 3. The normalized spacial score (nSPS) is 27.7. The van der Waals surface area contributed by atoms with Crippen molar-refractivity contribution in [2.45, 2.75) is 103 Å². The van der Waals surface area contributed by atoms with Crippen LogP contribution in [0.4, 0.5) is 9.18 Å². The maximum atomic E-state index is 16.0. The van der Waals surface area contributed by atoms with Gasteiger partial charge in [0, 0.05) is 6.20 Å². The maximum absolute atomic E-state index is 16.0. The molecular formula is C23H40FN4O11P. The molecule has 1 heterocycles. The highest BCUT2D eigenvalue weighted by atomic mass is 31.2. The largest absolute Gasteiger partial charge is 0.462 e. The van der Waals surface area contributed by atoms with Gasteiger partial charge in [-0.3, -0.25) is 33.7 Å². The lowest BCUT2D eigenvalue weighted by atomic mass is 9.95. The Bertz CT molecular complexity index is 962. The van der Waals surface area contributed by atoms with Crippen LogP contribution in [0.25, 0.3) is 0 Å². The van der Waals surface area contributed by atoms with E-state index in [-0.39, 0.29) is 6.41 Å². The monoisotopic (exact) mass is 598 g/mol. The molecule has 0 aromatic rings. The van der Waals surface area contributed by atoms with Crippen molar-refractivity contribution < 1.29 is 57.1 Å². The van der Waals surface area contributed by atoms with Crippen LogP contribution in [0.2, 0.25) is 0 Å². The number of nitrogens with zero attached hydrogens (tertiary/aromatic N) is 1. The van der Waals surface area contributed by atoms with Gasteiger partial charge in [0.05, 0.1) is 12.2 Å². The number of carbonyl (C=O) groups excluding carboxylic acids is 4. The SMILES string of the molecule is CC=CN(C(=O)NC=O)C1OC(F)(COP(=O)(NC(C)C(=O)OC(C)C)NC(C)C(=O)OC(C)C)C(O)C1(C)O. The molecule has 17 heteroatoms. The highest BCUT2D eigenvalue weighted by Gasteiger charge is 2.64. The van der Waals surface area contributed by atoms with E-state index in [0.29, 0.717) is 4.90 Å². The fourth-order valence-corrected chi connectivity index (χ4v) is 5.32. The number of imide groups is 1. The minimum Gasteiger partial charge on any atom is -0.462 e. The lowest BCUT2D eigenvalue weighted by Gasteiger charge is -2.32. The quantitative estimate of drug-likeness (QED) is 0.107. The number of ether oxygens (including phenoxy) is 3. The highest BCUT2D eigenvalue weighted by molar-refractivity contribution is 7.54. The van der Waals surface area contributed by atoms with Gasteiger partial charge < -0.3 is 24.4 Å². The Hall–Kier alpha value is -2.46. The Morgan fingerprint density at radius 3 is 1.95 bits per heavy atom. The summed E-state index contributed by atoms with van der Waals surface area (Å²) in [5, 5.41) is 28.0. The first-order valence-electron chi connectivity index (χ1n) is 12.5. The molecule has 0 spiro atoms. The van der Waals surface area contributed by atoms with Gasteiger partial charge in [-0.2, -0.15) is 0 Å². The van der Waals surface area contributed by atoms with Crippen LogP contribution in [0.3, 0.4) is 0 Å². The van der Waals surface area contributed by atoms with Crippen LogP contribution in [0, 0.1) is 0 Å². The summed E-state index contributed by atoms with van der Waals surface area (Å²) in [6, 6.07) is -3.68. The van der Waals surface area contributed by atoms with Gasteiger partial charge in [0.15, 0.2) is 6.23 Å². The van der Waals surface area contributed by atoms with E-state index < -0.39 is 80.3 Å². The molecule has 0 aromatic carbocycles. The van der Waals surface area contributed by atoms with E-state index in [1.54, 1.807) is 27.7 Å². The second kappa shape index (κ2) is 14.4. The number of allylic oxidation sites excluding steroid dienone is 1. The van der Waals surface area contributed by atoms with Crippen LogP contribution < -0.4 is 15.5 Å². The number of rotatable bonds is 14. The molecule has 15 nitrogen and oxygen atoms in total. The molecule has 1 saturated heterocycles. The zero-order chi connectivity index (χ0) is 31.1. The molecule has 0 bridgehead atoms. The van der Waals surface area contributed by atoms with E-state index >= 15 is 4.39 Å². The van der Waals surface area contributed by atoms with Gasteiger partial charge in [-0.15, -0.1) is 0 Å². The van der Waals surface area contributed by atoms with Crippen molar-refractivity contribution in [1.29, 1.82) is 0 Å². The number of alkyl halides is 1. The molecular weight excluding hydrogens is 558 g/mol. The van der Waals surface area contributed by atoms with Crippen molar-refractivity contribution in [3.8, 4) is 0 Å². The summed E-state index contributed by atoms with van der Waals surface area (Å²) in [5.74, 6) is -4.95. The van der Waals surface area contributed by atoms with Crippen LogP contribution in [0.1, 0.15) is 55.4 Å². The summed E-state index contributed by atoms with van der Waals surface area (Å²) >= 11 is 0. The average molecular weight is 599 g/mol. The highest BCUT2D eigenvalue weighted by Crippen LogP contribution is 2.46. The van der Waals surface area contributed by atoms with Crippen molar-refractivity contribution in [2.75, 3.05) is 6.61 Å². The summed E-state index contributed by atoms with van der Waals surface area (Å²) in [6.45, 7) is 10.0. The average Bonchev–Trinajstić information content (AvgIpc) is 3.00. The topological polar surface area (TPSA) is 202 Å². The van der Waals surface area contributed by atoms with Gasteiger partial charge in [0.25, 0.3) is 5.85 Å². The summed E-state index contributed by atoms with van der Waals surface area (Å²) < 4.78 is 50.4. The third-order valence-corrected chi connectivity index (χ3v) is 7.28. The third kappa shape index (κ3) is 9.29. The molecule has 6 atom stereocenters. The van der Waals surface area contributed by atoms with Crippen LogP contribution >= 0.6 is 7.67 Å². The van der Waals surface area contributed by atoms with E-state index in [1.807, 2.05) is 5.32 Å². The molecule has 0 saturated carbocycles. The summed E-state index contributed by atoms with van der Waals surface area (Å²) in [7, 11) is -4.54. The molecule has 0 aromatic heterocycles. The third-order valence-electron chi connectivity index (χ3n) is 5.33. The van der Waals surface area contributed by atoms with Gasteiger partial charge in [0.1, 0.15) is 30.4 Å². The molecule has 6 unspecified atom stereocenters. The Balaban J connectivity index is 3.29. The van der Waals surface area contributed by atoms with Gasteiger partial charge in [-0.05, 0) is 55.4 Å². The van der Waals surface area contributed by atoms with Crippen LogP contribution in [0.15, 0.2) is 12.3 Å². The van der Waals surface area contributed by atoms with Crippen molar-refractivity contribution in [3.05, 3.63) is 12.3 Å². The first-order valence-corrected chi connectivity index (χ1v) is 14.1. The molecule has 1 fully saturated rings. The second-order valence-electron chi connectivity index (χ2n) is 9.84. The van der Waals surface area contributed by atoms with Gasteiger partial charge in [-0.1, -0.05) is 6.08 Å². The Morgan fingerprint density at radius 1 is 1.07 bits per heavy atom. The van der Waals surface area contributed by atoms with Crippen molar-refractivity contribution in [3.63, 3.8) is 0 Å².